The minimum Gasteiger partial charge on any atom is -0.406 e. The van der Waals surface area contributed by atoms with Crippen molar-refractivity contribution in [3.8, 4) is 5.75 Å². The molecular formula is C31H40F3N3O7S. The number of likely N-dealkylation sites (tertiary alicyclic amines) is 1. The molecule has 45 heavy (non-hydrogen) atoms. The molecule has 2 aromatic carbocycles. The molecule has 1 amide bonds. The first-order valence-electron chi connectivity index (χ1n) is 15.3. The van der Waals surface area contributed by atoms with Crippen LogP contribution in [0.25, 0.3) is 0 Å². The highest BCUT2D eigenvalue weighted by molar-refractivity contribution is 7.89. The number of piperidine rings is 2. The van der Waals surface area contributed by atoms with Crippen molar-refractivity contribution in [1.82, 2.24) is 14.7 Å². The number of hydroxylamine groups is 1. The largest absolute Gasteiger partial charge is 0.573 e. The van der Waals surface area contributed by atoms with E-state index in [9.17, 15) is 31.5 Å². The Morgan fingerprint density at radius 3 is 2.24 bits per heavy atom. The molecule has 2 atom stereocenters. The lowest BCUT2D eigenvalue weighted by Gasteiger charge is -2.41. The van der Waals surface area contributed by atoms with Crippen LogP contribution in [0.2, 0.25) is 0 Å². The van der Waals surface area contributed by atoms with Crippen molar-refractivity contribution >= 4 is 15.9 Å². The lowest BCUT2D eigenvalue weighted by Crippen LogP contribution is -2.49. The molecule has 248 valence electrons. The molecule has 3 aliphatic heterocycles. The zero-order valence-corrected chi connectivity index (χ0v) is 26.0. The van der Waals surface area contributed by atoms with E-state index in [1.54, 1.807) is 24.3 Å². The minimum atomic E-state index is -4.72. The second-order valence-corrected chi connectivity index (χ2v) is 13.9. The fourth-order valence-electron chi connectivity index (χ4n) is 6.37. The second-order valence-electron chi connectivity index (χ2n) is 12.0. The molecular weight excluding hydrogens is 615 g/mol. The SMILES string of the molecule is CC(O)(C(=O)NOC1CCCCO1)c1ccccc1S(=O)(=O)N1CCC(N2CCC(c3ccc(OC(F)(F)F)cc3)CC2)CC1. The molecule has 2 N–H and O–H groups in total. The molecule has 2 aromatic rings. The van der Waals surface area contributed by atoms with Crippen molar-refractivity contribution in [1.29, 1.82) is 0 Å². The first-order valence-corrected chi connectivity index (χ1v) is 16.8. The molecule has 3 fully saturated rings. The van der Waals surface area contributed by atoms with Gasteiger partial charge in [-0.3, -0.25) is 4.79 Å². The lowest BCUT2D eigenvalue weighted by atomic mass is 9.88. The molecule has 0 bridgehead atoms. The van der Waals surface area contributed by atoms with Crippen molar-refractivity contribution in [3.63, 3.8) is 0 Å². The average molecular weight is 656 g/mol. The molecule has 0 radical (unpaired) electrons. The summed E-state index contributed by atoms with van der Waals surface area (Å²) >= 11 is 0. The Morgan fingerprint density at radius 1 is 0.956 bits per heavy atom. The standard InChI is InChI=1S/C31H40F3N3O7S/c1-30(39,29(38)35-44-28-8-4-5-21-42-28)26-6-2-3-7-27(26)45(40,41)37-19-15-24(16-20-37)36-17-13-23(14-18-36)22-9-11-25(12-10-22)43-31(32,33)34/h2-3,6-7,9-12,23-24,28,39H,4-5,8,13-21H2,1H3,(H,35,38). The molecule has 3 saturated heterocycles. The minimum absolute atomic E-state index is 0.0436. The zero-order chi connectivity index (χ0) is 32.2. The summed E-state index contributed by atoms with van der Waals surface area (Å²) < 4.78 is 75.8. The van der Waals surface area contributed by atoms with E-state index in [1.165, 1.54) is 35.5 Å². The summed E-state index contributed by atoms with van der Waals surface area (Å²) in [4.78, 5) is 20.5. The number of carbonyl (C=O) groups excluding carboxylic acids is 1. The normalized spacial score (nSPS) is 22.9. The summed E-state index contributed by atoms with van der Waals surface area (Å²) in [5, 5.41) is 11.2. The molecule has 5 rings (SSSR count). The molecule has 3 heterocycles. The predicted octanol–water partition coefficient (Wildman–Crippen LogP) is 4.40. The Balaban J connectivity index is 1.16. The zero-order valence-electron chi connectivity index (χ0n) is 25.2. The van der Waals surface area contributed by atoms with E-state index in [4.69, 9.17) is 9.57 Å². The van der Waals surface area contributed by atoms with E-state index in [0.29, 0.717) is 39.0 Å². The lowest BCUT2D eigenvalue weighted by molar-refractivity contribution is -0.274. The van der Waals surface area contributed by atoms with E-state index in [1.807, 2.05) is 0 Å². The molecule has 0 aliphatic carbocycles. The van der Waals surface area contributed by atoms with Crippen molar-refractivity contribution < 1.29 is 45.8 Å². The smallest absolute Gasteiger partial charge is 0.406 e. The van der Waals surface area contributed by atoms with Crippen LogP contribution in [0, 0.1) is 0 Å². The van der Waals surface area contributed by atoms with Gasteiger partial charge in [-0.1, -0.05) is 30.3 Å². The highest BCUT2D eigenvalue weighted by Crippen LogP contribution is 2.35. The maximum atomic E-state index is 13.8. The van der Waals surface area contributed by atoms with Crippen LogP contribution in [0.1, 0.15) is 68.9 Å². The van der Waals surface area contributed by atoms with Gasteiger partial charge in [0.15, 0.2) is 11.9 Å². The van der Waals surface area contributed by atoms with E-state index < -0.39 is 34.2 Å². The Labute approximate surface area is 261 Å². The van der Waals surface area contributed by atoms with Gasteiger partial charge < -0.3 is 19.5 Å². The van der Waals surface area contributed by atoms with Crippen LogP contribution in [0.5, 0.6) is 5.75 Å². The maximum absolute atomic E-state index is 13.8. The number of carbonyl (C=O) groups is 1. The van der Waals surface area contributed by atoms with Gasteiger partial charge in [-0.05, 0) is 88.2 Å². The van der Waals surface area contributed by atoms with Crippen LogP contribution in [-0.4, -0.2) is 80.1 Å². The third-order valence-electron chi connectivity index (χ3n) is 8.95. The highest BCUT2D eigenvalue weighted by atomic mass is 32.2. The number of halogens is 3. The number of ether oxygens (including phenoxy) is 2. The van der Waals surface area contributed by atoms with Crippen LogP contribution >= 0.6 is 0 Å². The summed E-state index contributed by atoms with van der Waals surface area (Å²) in [6, 6.07) is 12.2. The average Bonchev–Trinajstić information content (AvgIpc) is 3.04. The number of hydrogen-bond acceptors (Lipinski definition) is 8. The Hall–Kier alpha value is -2.75. The summed E-state index contributed by atoms with van der Waals surface area (Å²) in [7, 11) is -4.03. The molecule has 14 heteroatoms. The molecule has 2 unspecified atom stereocenters. The van der Waals surface area contributed by atoms with Crippen LogP contribution in [0.4, 0.5) is 13.2 Å². The monoisotopic (exact) mass is 655 g/mol. The molecule has 10 nitrogen and oxygen atoms in total. The Morgan fingerprint density at radius 2 is 1.62 bits per heavy atom. The Bertz CT molecular complexity index is 1400. The van der Waals surface area contributed by atoms with Crippen LogP contribution < -0.4 is 10.2 Å². The van der Waals surface area contributed by atoms with Gasteiger partial charge in [0.2, 0.25) is 10.0 Å². The number of rotatable bonds is 9. The van der Waals surface area contributed by atoms with E-state index >= 15 is 0 Å². The van der Waals surface area contributed by atoms with Crippen LogP contribution in [0.3, 0.4) is 0 Å². The van der Waals surface area contributed by atoms with Gasteiger partial charge in [-0.15, -0.1) is 13.2 Å². The second kappa shape index (κ2) is 13.9. The number of nitrogens with one attached hydrogen (secondary N) is 1. The number of sulfonamides is 1. The highest BCUT2D eigenvalue weighted by Gasteiger charge is 2.41. The third kappa shape index (κ3) is 8.16. The molecule has 3 aliphatic rings. The summed E-state index contributed by atoms with van der Waals surface area (Å²) in [5.74, 6) is -0.908. The number of hydrogen-bond donors (Lipinski definition) is 2. The molecule has 0 spiro atoms. The number of nitrogens with zero attached hydrogens (tertiary/aromatic N) is 2. The van der Waals surface area contributed by atoms with Crippen molar-refractivity contribution in [2.75, 3.05) is 32.8 Å². The summed E-state index contributed by atoms with van der Waals surface area (Å²) in [5.41, 5.74) is 0.984. The number of aliphatic hydroxyl groups is 1. The summed E-state index contributed by atoms with van der Waals surface area (Å²) in [6.07, 6.45) is -0.0227. The summed E-state index contributed by atoms with van der Waals surface area (Å²) in [6.45, 7) is 3.93. The quantitative estimate of drug-likeness (QED) is 0.382. The fraction of sp³-hybridized carbons (Fsp3) is 0.581. The molecule has 0 saturated carbocycles. The van der Waals surface area contributed by atoms with Crippen LogP contribution in [-0.2, 0) is 30.0 Å². The topological polar surface area (TPSA) is 118 Å². The van der Waals surface area contributed by atoms with Gasteiger partial charge in [0.25, 0.3) is 5.91 Å². The third-order valence-corrected chi connectivity index (χ3v) is 10.9. The number of benzene rings is 2. The van der Waals surface area contributed by atoms with Crippen LogP contribution in [0.15, 0.2) is 53.4 Å². The van der Waals surface area contributed by atoms with E-state index in [2.05, 4.69) is 15.1 Å². The Kier molecular flexibility index (Phi) is 10.4. The van der Waals surface area contributed by atoms with Crippen molar-refractivity contribution in [3.05, 3.63) is 59.7 Å². The van der Waals surface area contributed by atoms with Gasteiger partial charge in [-0.25, -0.2) is 18.7 Å². The number of alkyl halides is 3. The first kappa shape index (κ1) is 33.6. The van der Waals surface area contributed by atoms with Gasteiger partial charge in [0, 0.05) is 37.7 Å². The van der Waals surface area contributed by atoms with E-state index in [0.717, 1.165) is 44.3 Å². The maximum Gasteiger partial charge on any atom is 0.573 e. The molecule has 0 aromatic heterocycles. The number of amides is 1. The first-order chi connectivity index (χ1) is 21.3. The van der Waals surface area contributed by atoms with Crippen molar-refractivity contribution in [2.24, 2.45) is 0 Å². The van der Waals surface area contributed by atoms with Gasteiger partial charge in [0.05, 0.1) is 4.90 Å². The predicted molar refractivity (Wildman–Crippen MR) is 157 cm³/mol. The van der Waals surface area contributed by atoms with Crippen molar-refractivity contribution in [2.45, 2.75) is 87.0 Å². The van der Waals surface area contributed by atoms with E-state index in [-0.39, 0.29) is 28.2 Å². The fourth-order valence-corrected chi connectivity index (χ4v) is 8.13. The van der Waals surface area contributed by atoms with Gasteiger partial charge in [-0.2, -0.15) is 4.31 Å². The van der Waals surface area contributed by atoms with Gasteiger partial charge in [0.1, 0.15) is 5.75 Å². The van der Waals surface area contributed by atoms with Gasteiger partial charge >= 0.3 is 6.36 Å².